The largest absolute Gasteiger partial charge is 0.463 e. The van der Waals surface area contributed by atoms with Gasteiger partial charge in [-0.3, -0.25) is 14.0 Å². The van der Waals surface area contributed by atoms with Crippen LogP contribution in [-0.2, 0) is 17.8 Å². The van der Waals surface area contributed by atoms with Crippen LogP contribution in [0.5, 0.6) is 0 Å². The zero-order chi connectivity index (χ0) is 17.6. The second-order valence-corrected chi connectivity index (χ2v) is 6.45. The van der Waals surface area contributed by atoms with Crippen molar-refractivity contribution in [1.29, 1.82) is 0 Å². The van der Waals surface area contributed by atoms with Crippen molar-refractivity contribution < 1.29 is 9.21 Å². The number of fused-ring (bicyclic) bond motifs is 3. The van der Waals surface area contributed by atoms with Crippen LogP contribution in [0.3, 0.4) is 0 Å². The summed E-state index contributed by atoms with van der Waals surface area (Å²) in [5, 5.41) is 4.44. The molecule has 1 saturated heterocycles. The number of amides is 1. The van der Waals surface area contributed by atoms with Crippen molar-refractivity contribution in [1.82, 2.24) is 24.0 Å². The van der Waals surface area contributed by atoms with Crippen LogP contribution in [0, 0.1) is 0 Å². The molecule has 8 heteroatoms. The van der Waals surface area contributed by atoms with Crippen LogP contribution >= 0.6 is 0 Å². The molecule has 0 spiro atoms. The van der Waals surface area contributed by atoms with Crippen LogP contribution in [0.1, 0.15) is 12.7 Å². The Morgan fingerprint density at radius 3 is 2.72 bits per heavy atom. The number of piperazine rings is 1. The first-order valence-electron chi connectivity index (χ1n) is 8.53. The number of nitrogens with zero attached hydrogens (tertiary/aromatic N) is 5. The monoisotopic (exact) mass is 343 g/mol. The van der Waals surface area contributed by atoms with E-state index in [0.717, 1.165) is 24.4 Å². The minimum atomic E-state index is -0.272. The summed E-state index contributed by atoms with van der Waals surface area (Å²) in [6.45, 7) is 5.02. The van der Waals surface area contributed by atoms with Crippen LogP contribution in [0.25, 0.3) is 16.6 Å². The molecule has 132 valence electrons. The first-order chi connectivity index (χ1) is 12.1. The number of furan rings is 1. The van der Waals surface area contributed by atoms with Crippen LogP contribution in [-0.4, -0.2) is 63.1 Å². The third-order valence-corrected chi connectivity index (χ3v) is 4.83. The lowest BCUT2D eigenvalue weighted by molar-refractivity contribution is -0.133. The first kappa shape index (κ1) is 15.9. The average Bonchev–Trinajstić information content (AvgIpc) is 3.19. The van der Waals surface area contributed by atoms with Crippen molar-refractivity contribution in [3.05, 3.63) is 34.6 Å². The van der Waals surface area contributed by atoms with E-state index in [1.54, 1.807) is 17.2 Å². The zero-order valence-electron chi connectivity index (χ0n) is 14.4. The van der Waals surface area contributed by atoms with Crippen molar-refractivity contribution in [3.8, 4) is 0 Å². The summed E-state index contributed by atoms with van der Waals surface area (Å²) in [5.41, 5.74) is 1.70. The molecular weight excluding hydrogens is 322 g/mol. The molecule has 0 atom stereocenters. The number of hydrogen-bond donors (Lipinski definition) is 0. The molecule has 0 saturated carbocycles. The molecule has 1 aliphatic rings. The Balaban J connectivity index is 1.71. The maximum absolute atomic E-state index is 12.8. The first-order valence-corrected chi connectivity index (χ1v) is 8.53. The number of aromatic nitrogens is 3. The van der Waals surface area contributed by atoms with E-state index in [2.05, 4.69) is 10.00 Å². The van der Waals surface area contributed by atoms with E-state index in [9.17, 15) is 9.59 Å². The van der Waals surface area contributed by atoms with E-state index >= 15 is 0 Å². The van der Waals surface area contributed by atoms with Gasteiger partial charge < -0.3 is 14.2 Å². The molecule has 4 rings (SSSR count). The van der Waals surface area contributed by atoms with E-state index in [1.807, 2.05) is 24.4 Å². The van der Waals surface area contributed by atoms with Gasteiger partial charge in [0, 0.05) is 44.7 Å². The third-order valence-electron chi connectivity index (χ3n) is 4.83. The predicted molar refractivity (Wildman–Crippen MR) is 92.7 cm³/mol. The van der Waals surface area contributed by atoms with Crippen molar-refractivity contribution in [2.24, 2.45) is 0 Å². The maximum atomic E-state index is 12.8. The smallest absolute Gasteiger partial charge is 0.291 e. The van der Waals surface area contributed by atoms with Crippen LogP contribution in [0.2, 0.25) is 0 Å². The number of carbonyl (C=O) groups excluding carboxylic acids is 1. The predicted octanol–water partition coefficient (Wildman–Crippen LogP) is 0.579. The van der Waals surface area contributed by atoms with E-state index in [0.29, 0.717) is 30.6 Å². The van der Waals surface area contributed by atoms with E-state index in [-0.39, 0.29) is 18.0 Å². The second kappa shape index (κ2) is 6.03. The third kappa shape index (κ3) is 2.62. The summed E-state index contributed by atoms with van der Waals surface area (Å²) >= 11 is 0. The Hall–Kier alpha value is -2.61. The highest BCUT2D eigenvalue weighted by molar-refractivity contribution is 5.82. The standard InChI is InChI=1S/C17H21N5O3/c1-3-15-18-21(11-16(23)20-7-5-19(2)6-8-20)17(24)13-10-14-12(22(13)15)4-9-25-14/h4,9-10H,3,5-8,11H2,1-2H3. The molecule has 3 aromatic heterocycles. The highest BCUT2D eigenvalue weighted by atomic mass is 16.3. The van der Waals surface area contributed by atoms with Crippen molar-refractivity contribution in [2.45, 2.75) is 19.9 Å². The lowest BCUT2D eigenvalue weighted by Gasteiger charge is -2.32. The summed E-state index contributed by atoms with van der Waals surface area (Å²) in [5.74, 6) is 0.668. The quantitative estimate of drug-likeness (QED) is 0.695. The van der Waals surface area contributed by atoms with Gasteiger partial charge in [-0.05, 0) is 7.05 Å². The molecule has 1 amide bonds. The fourth-order valence-corrected chi connectivity index (χ4v) is 3.34. The number of rotatable bonds is 3. The zero-order valence-corrected chi connectivity index (χ0v) is 14.4. The fraction of sp³-hybridized carbons (Fsp3) is 0.471. The number of likely N-dealkylation sites (N-methyl/N-ethyl adjacent to an activating group) is 1. The van der Waals surface area contributed by atoms with Crippen molar-refractivity contribution in [3.63, 3.8) is 0 Å². The summed E-state index contributed by atoms with van der Waals surface area (Å²) in [6, 6.07) is 3.54. The van der Waals surface area contributed by atoms with Gasteiger partial charge in [-0.15, -0.1) is 0 Å². The molecule has 3 aromatic rings. The lowest BCUT2D eigenvalue weighted by Crippen LogP contribution is -2.49. The molecule has 0 unspecified atom stereocenters. The number of carbonyl (C=O) groups is 1. The van der Waals surface area contributed by atoms with Gasteiger partial charge in [0.2, 0.25) is 5.91 Å². The molecule has 0 aromatic carbocycles. The highest BCUT2D eigenvalue weighted by Gasteiger charge is 2.21. The van der Waals surface area contributed by atoms with Gasteiger partial charge in [0.15, 0.2) is 5.58 Å². The van der Waals surface area contributed by atoms with Crippen molar-refractivity contribution in [2.75, 3.05) is 33.2 Å². The Bertz CT molecular complexity index is 991. The minimum Gasteiger partial charge on any atom is -0.463 e. The Labute approximate surface area is 144 Å². The van der Waals surface area contributed by atoms with Crippen molar-refractivity contribution >= 4 is 22.5 Å². The summed E-state index contributed by atoms with van der Waals surface area (Å²) in [7, 11) is 2.04. The average molecular weight is 343 g/mol. The molecule has 0 N–H and O–H groups in total. The normalized spacial score (nSPS) is 16.2. The molecule has 1 aliphatic heterocycles. The second-order valence-electron chi connectivity index (χ2n) is 6.45. The van der Waals surface area contributed by atoms with Gasteiger partial charge in [0.25, 0.3) is 5.56 Å². The van der Waals surface area contributed by atoms with Gasteiger partial charge in [-0.1, -0.05) is 6.92 Å². The maximum Gasteiger partial charge on any atom is 0.291 e. The van der Waals surface area contributed by atoms with Gasteiger partial charge in [-0.2, -0.15) is 5.10 Å². The topological polar surface area (TPSA) is 76.0 Å². The summed E-state index contributed by atoms with van der Waals surface area (Å²) in [6.07, 6.45) is 2.24. The van der Waals surface area contributed by atoms with Gasteiger partial charge >= 0.3 is 0 Å². The van der Waals surface area contributed by atoms with E-state index < -0.39 is 0 Å². The number of hydrogen-bond acceptors (Lipinski definition) is 5. The van der Waals surface area contributed by atoms with E-state index in [4.69, 9.17) is 4.42 Å². The van der Waals surface area contributed by atoms with Crippen LogP contribution < -0.4 is 5.56 Å². The molecule has 8 nitrogen and oxygen atoms in total. The fourth-order valence-electron chi connectivity index (χ4n) is 3.34. The summed E-state index contributed by atoms with van der Waals surface area (Å²) in [4.78, 5) is 29.3. The molecule has 0 bridgehead atoms. The Kier molecular flexibility index (Phi) is 3.84. The van der Waals surface area contributed by atoms with E-state index in [1.165, 1.54) is 4.68 Å². The molecular formula is C17H21N5O3. The molecule has 0 radical (unpaired) electrons. The number of aryl methyl sites for hydroxylation is 1. The van der Waals surface area contributed by atoms with Gasteiger partial charge in [0.1, 0.15) is 17.9 Å². The molecule has 0 aliphatic carbocycles. The lowest BCUT2D eigenvalue weighted by atomic mass is 10.3. The van der Waals surface area contributed by atoms with Gasteiger partial charge in [-0.25, -0.2) is 4.68 Å². The van der Waals surface area contributed by atoms with Gasteiger partial charge in [0.05, 0.1) is 11.8 Å². The molecule has 25 heavy (non-hydrogen) atoms. The van der Waals surface area contributed by atoms with Crippen LogP contribution in [0.4, 0.5) is 0 Å². The highest BCUT2D eigenvalue weighted by Crippen LogP contribution is 2.20. The SMILES string of the molecule is CCc1nn(CC(=O)N2CCN(C)CC2)c(=O)c2cc3occc3n12. The summed E-state index contributed by atoms with van der Waals surface area (Å²) < 4.78 is 8.51. The molecule has 1 fully saturated rings. The minimum absolute atomic E-state index is 0.0292. The Morgan fingerprint density at radius 2 is 2.00 bits per heavy atom. The molecule has 4 heterocycles. The Morgan fingerprint density at radius 1 is 1.24 bits per heavy atom. The van der Waals surface area contributed by atoms with Crippen LogP contribution in [0.15, 0.2) is 27.6 Å².